The van der Waals surface area contributed by atoms with Gasteiger partial charge in [0.25, 0.3) is 5.91 Å². The van der Waals surface area contributed by atoms with Crippen LogP contribution in [0.4, 0.5) is 4.39 Å². The Hall–Kier alpha value is -1.42. The van der Waals surface area contributed by atoms with Crippen LogP contribution >= 0.6 is 0 Å². The van der Waals surface area contributed by atoms with Gasteiger partial charge in [0.15, 0.2) is 0 Å². The Balaban J connectivity index is 2.15. The Morgan fingerprint density at radius 3 is 3.00 bits per heavy atom. The molecule has 0 aliphatic carbocycles. The molecule has 1 amide bonds. The zero-order valence-corrected chi connectivity index (χ0v) is 11.4. The number of halogens is 1. The molecule has 0 saturated carbocycles. The molecule has 2 rings (SSSR count). The van der Waals surface area contributed by atoms with Crippen LogP contribution in [0.25, 0.3) is 0 Å². The molecule has 104 valence electrons. The highest BCUT2D eigenvalue weighted by Crippen LogP contribution is 2.15. The van der Waals surface area contributed by atoms with E-state index in [-0.39, 0.29) is 17.8 Å². The summed E-state index contributed by atoms with van der Waals surface area (Å²) in [6.45, 7) is 4.63. The molecule has 0 radical (unpaired) electrons. The molecule has 1 aromatic rings. The van der Waals surface area contributed by atoms with Gasteiger partial charge in [-0.1, -0.05) is 13.0 Å². The van der Waals surface area contributed by atoms with E-state index in [1.807, 2.05) is 4.90 Å². The molecule has 3 nitrogen and oxygen atoms in total. The second-order valence-electron chi connectivity index (χ2n) is 5.01. The second-order valence-corrected chi connectivity index (χ2v) is 5.01. The smallest absolute Gasteiger partial charge is 0.254 e. The van der Waals surface area contributed by atoms with E-state index in [9.17, 15) is 9.18 Å². The summed E-state index contributed by atoms with van der Waals surface area (Å²) in [4.78, 5) is 14.4. The first-order valence-corrected chi connectivity index (χ1v) is 6.99. The number of amides is 1. The summed E-state index contributed by atoms with van der Waals surface area (Å²) in [6.07, 6.45) is 3.02. The van der Waals surface area contributed by atoms with Gasteiger partial charge >= 0.3 is 0 Å². The third-order valence-electron chi connectivity index (χ3n) is 3.51. The zero-order chi connectivity index (χ0) is 13.7. The molecule has 1 unspecified atom stereocenters. The fraction of sp³-hybridized carbons (Fsp3) is 0.533. The SMILES string of the molecule is CCCN(C(=O)c1cccc(F)c1)C1CCCNC1. The highest BCUT2D eigenvalue weighted by Gasteiger charge is 2.25. The first-order chi connectivity index (χ1) is 9.22. The summed E-state index contributed by atoms with van der Waals surface area (Å²) in [5, 5.41) is 3.32. The van der Waals surface area contributed by atoms with Gasteiger partial charge in [0.05, 0.1) is 0 Å². The van der Waals surface area contributed by atoms with E-state index in [1.54, 1.807) is 12.1 Å². The number of nitrogens with zero attached hydrogens (tertiary/aromatic N) is 1. The van der Waals surface area contributed by atoms with Gasteiger partial charge in [-0.25, -0.2) is 4.39 Å². The maximum Gasteiger partial charge on any atom is 0.254 e. The molecule has 0 bridgehead atoms. The molecule has 1 aromatic carbocycles. The highest BCUT2D eigenvalue weighted by atomic mass is 19.1. The molecular formula is C15H21FN2O. The van der Waals surface area contributed by atoms with E-state index >= 15 is 0 Å². The maximum absolute atomic E-state index is 13.2. The molecular weight excluding hydrogens is 243 g/mol. The molecule has 1 atom stereocenters. The second kappa shape index (κ2) is 6.66. The van der Waals surface area contributed by atoms with Gasteiger partial charge < -0.3 is 10.2 Å². The summed E-state index contributed by atoms with van der Waals surface area (Å²) in [5.74, 6) is -0.417. The number of benzene rings is 1. The first kappa shape index (κ1) is 14.0. The number of carbonyl (C=O) groups excluding carboxylic acids is 1. The Bertz CT molecular complexity index is 430. The van der Waals surface area contributed by atoms with Gasteiger partial charge in [-0.3, -0.25) is 4.79 Å². The van der Waals surface area contributed by atoms with Crippen LogP contribution in [-0.2, 0) is 0 Å². The van der Waals surface area contributed by atoms with Crippen molar-refractivity contribution >= 4 is 5.91 Å². The molecule has 1 aliphatic heterocycles. The molecule has 1 fully saturated rings. The van der Waals surface area contributed by atoms with Crippen molar-refractivity contribution in [3.8, 4) is 0 Å². The van der Waals surface area contributed by atoms with Crippen molar-refractivity contribution in [2.24, 2.45) is 0 Å². The number of carbonyl (C=O) groups is 1. The minimum atomic E-state index is -0.357. The fourth-order valence-electron chi connectivity index (χ4n) is 2.58. The Kier molecular flexibility index (Phi) is 4.91. The van der Waals surface area contributed by atoms with Gasteiger partial charge in [0.1, 0.15) is 5.82 Å². The van der Waals surface area contributed by atoms with Crippen molar-refractivity contribution in [3.63, 3.8) is 0 Å². The number of hydrogen-bond donors (Lipinski definition) is 1. The van der Waals surface area contributed by atoms with E-state index in [0.29, 0.717) is 5.56 Å². The van der Waals surface area contributed by atoms with E-state index in [2.05, 4.69) is 12.2 Å². The van der Waals surface area contributed by atoms with Gasteiger partial charge in [-0.15, -0.1) is 0 Å². The van der Waals surface area contributed by atoms with Gasteiger partial charge in [0.2, 0.25) is 0 Å². The third kappa shape index (κ3) is 3.53. The predicted molar refractivity (Wildman–Crippen MR) is 73.6 cm³/mol. The summed E-state index contributed by atoms with van der Waals surface area (Å²) in [6, 6.07) is 6.19. The van der Waals surface area contributed by atoms with Crippen molar-refractivity contribution in [2.45, 2.75) is 32.2 Å². The van der Waals surface area contributed by atoms with E-state index in [0.717, 1.165) is 38.9 Å². The van der Waals surface area contributed by atoms with Crippen LogP contribution in [0.15, 0.2) is 24.3 Å². The summed E-state index contributed by atoms with van der Waals surface area (Å²) in [5.41, 5.74) is 0.444. The fourth-order valence-corrected chi connectivity index (χ4v) is 2.58. The highest BCUT2D eigenvalue weighted by molar-refractivity contribution is 5.94. The summed E-state index contributed by atoms with van der Waals surface area (Å²) >= 11 is 0. The van der Waals surface area contributed by atoms with E-state index in [1.165, 1.54) is 12.1 Å². The lowest BCUT2D eigenvalue weighted by Crippen LogP contribution is -2.49. The van der Waals surface area contributed by atoms with Crippen LogP contribution in [0, 0.1) is 5.82 Å². The molecule has 4 heteroatoms. The lowest BCUT2D eigenvalue weighted by Gasteiger charge is -2.34. The number of nitrogens with one attached hydrogen (secondary N) is 1. The molecule has 1 saturated heterocycles. The van der Waals surface area contributed by atoms with Crippen molar-refractivity contribution in [2.75, 3.05) is 19.6 Å². The average Bonchev–Trinajstić information content (AvgIpc) is 2.45. The number of hydrogen-bond acceptors (Lipinski definition) is 2. The minimum absolute atomic E-state index is 0.0601. The molecule has 1 N–H and O–H groups in total. The van der Waals surface area contributed by atoms with Crippen LogP contribution in [0.2, 0.25) is 0 Å². The molecule has 0 aromatic heterocycles. The summed E-state index contributed by atoms with van der Waals surface area (Å²) < 4.78 is 13.2. The standard InChI is InChI=1S/C15H21FN2O/c1-2-9-18(14-7-4-8-17-11-14)15(19)12-5-3-6-13(16)10-12/h3,5-6,10,14,17H,2,4,7-9,11H2,1H3. The molecule has 19 heavy (non-hydrogen) atoms. The molecule has 0 spiro atoms. The van der Waals surface area contributed by atoms with Gasteiger partial charge in [-0.05, 0) is 44.0 Å². The van der Waals surface area contributed by atoms with Crippen molar-refractivity contribution in [1.29, 1.82) is 0 Å². The maximum atomic E-state index is 13.2. The Morgan fingerprint density at radius 2 is 2.37 bits per heavy atom. The lowest BCUT2D eigenvalue weighted by molar-refractivity contribution is 0.0648. The lowest BCUT2D eigenvalue weighted by atomic mass is 10.0. The Labute approximate surface area is 113 Å². The normalized spacial score (nSPS) is 19.2. The van der Waals surface area contributed by atoms with E-state index in [4.69, 9.17) is 0 Å². The number of piperidine rings is 1. The number of rotatable bonds is 4. The third-order valence-corrected chi connectivity index (χ3v) is 3.51. The minimum Gasteiger partial charge on any atom is -0.334 e. The van der Waals surface area contributed by atoms with Crippen LogP contribution in [0.1, 0.15) is 36.5 Å². The van der Waals surface area contributed by atoms with Gasteiger partial charge in [-0.2, -0.15) is 0 Å². The average molecular weight is 264 g/mol. The van der Waals surface area contributed by atoms with E-state index < -0.39 is 0 Å². The largest absolute Gasteiger partial charge is 0.334 e. The van der Waals surface area contributed by atoms with Crippen LogP contribution < -0.4 is 5.32 Å². The molecule has 1 aliphatic rings. The van der Waals surface area contributed by atoms with Crippen LogP contribution in [-0.4, -0.2) is 36.5 Å². The van der Waals surface area contributed by atoms with Crippen molar-refractivity contribution in [3.05, 3.63) is 35.6 Å². The quantitative estimate of drug-likeness (QED) is 0.906. The first-order valence-electron chi connectivity index (χ1n) is 6.99. The zero-order valence-electron chi connectivity index (χ0n) is 11.4. The van der Waals surface area contributed by atoms with Crippen molar-refractivity contribution in [1.82, 2.24) is 10.2 Å². The monoisotopic (exact) mass is 264 g/mol. The summed E-state index contributed by atoms with van der Waals surface area (Å²) in [7, 11) is 0. The Morgan fingerprint density at radius 1 is 1.53 bits per heavy atom. The topological polar surface area (TPSA) is 32.3 Å². The van der Waals surface area contributed by atoms with Crippen LogP contribution in [0.5, 0.6) is 0 Å². The van der Waals surface area contributed by atoms with Crippen LogP contribution in [0.3, 0.4) is 0 Å². The van der Waals surface area contributed by atoms with Crippen molar-refractivity contribution < 1.29 is 9.18 Å². The molecule has 1 heterocycles. The van der Waals surface area contributed by atoms with Gasteiger partial charge in [0, 0.05) is 24.7 Å². The predicted octanol–water partition coefficient (Wildman–Crippen LogP) is 2.43.